The maximum atomic E-state index is 5.04. The molecule has 0 atom stereocenters. The lowest BCUT2D eigenvalue weighted by Crippen LogP contribution is -2.32. The van der Waals surface area contributed by atoms with E-state index < -0.39 is 0 Å². The molecule has 1 aromatic carbocycles. The molecule has 0 spiro atoms. The van der Waals surface area contributed by atoms with Gasteiger partial charge in [-0.25, -0.2) is 0 Å². The lowest BCUT2D eigenvalue weighted by molar-refractivity contribution is 0.265. The van der Waals surface area contributed by atoms with E-state index in [1.54, 1.807) is 0 Å². The molecule has 2 heterocycles. The van der Waals surface area contributed by atoms with Gasteiger partial charge in [-0.15, -0.1) is 0 Å². The van der Waals surface area contributed by atoms with Crippen LogP contribution in [-0.4, -0.2) is 29.0 Å². The summed E-state index contributed by atoms with van der Waals surface area (Å²) in [5, 5.41) is 5.09. The van der Waals surface area contributed by atoms with Gasteiger partial charge in [-0.1, -0.05) is 6.92 Å². The Kier molecular flexibility index (Phi) is 3.86. The van der Waals surface area contributed by atoms with Gasteiger partial charge in [-0.05, 0) is 67.6 Å². The SMILES string of the molecule is CCN1CCc2nc3cc(C)c(C)cc3c(CNC3CC3)c2C1. The fourth-order valence-corrected chi connectivity index (χ4v) is 3.65. The maximum Gasteiger partial charge on any atom is 0.0711 e. The van der Waals surface area contributed by atoms with Crippen LogP contribution in [0.1, 0.15) is 47.7 Å². The third-order valence-corrected chi connectivity index (χ3v) is 5.54. The van der Waals surface area contributed by atoms with E-state index in [2.05, 4.69) is 43.1 Å². The van der Waals surface area contributed by atoms with Gasteiger partial charge in [0.2, 0.25) is 0 Å². The van der Waals surface area contributed by atoms with Crippen molar-refractivity contribution in [1.29, 1.82) is 0 Å². The molecule has 0 amide bonds. The first-order valence-electron chi connectivity index (χ1n) is 9.03. The second kappa shape index (κ2) is 5.88. The average Bonchev–Trinajstić information content (AvgIpc) is 3.37. The van der Waals surface area contributed by atoms with Crippen molar-refractivity contribution in [2.75, 3.05) is 13.1 Å². The minimum Gasteiger partial charge on any atom is -0.310 e. The van der Waals surface area contributed by atoms with Crippen molar-refractivity contribution in [3.8, 4) is 0 Å². The summed E-state index contributed by atoms with van der Waals surface area (Å²) in [5.74, 6) is 0. The van der Waals surface area contributed by atoms with Crippen molar-refractivity contribution in [2.24, 2.45) is 0 Å². The summed E-state index contributed by atoms with van der Waals surface area (Å²) in [5.41, 5.74) is 8.22. The Bertz CT molecular complexity index is 746. The number of benzene rings is 1. The molecule has 1 aromatic heterocycles. The molecule has 0 unspecified atom stereocenters. The number of fused-ring (bicyclic) bond motifs is 2. The topological polar surface area (TPSA) is 28.2 Å². The highest BCUT2D eigenvalue weighted by molar-refractivity contribution is 5.85. The largest absolute Gasteiger partial charge is 0.310 e. The summed E-state index contributed by atoms with van der Waals surface area (Å²) in [6, 6.07) is 5.37. The zero-order valence-corrected chi connectivity index (χ0v) is 14.6. The van der Waals surface area contributed by atoms with Crippen LogP contribution in [0.5, 0.6) is 0 Å². The molecule has 1 aliphatic carbocycles. The first-order valence-corrected chi connectivity index (χ1v) is 9.03. The number of aromatic nitrogens is 1. The smallest absolute Gasteiger partial charge is 0.0711 e. The van der Waals surface area contributed by atoms with Crippen LogP contribution < -0.4 is 5.32 Å². The molecule has 122 valence electrons. The van der Waals surface area contributed by atoms with E-state index in [9.17, 15) is 0 Å². The Morgan fingerprint density at radius 2 is 2.00 bits per heavy atom. The van der Waals surface area contributed by atoms with Gasteiger partial charge in [0, 0.05) is 43.2 Å². The Hall–Kier alpha value is -1.45. The Labute approximate surface area is 139 Å². The summed E-state index contributed by atoms with van der Waals surface area (Å²) in [7, 11) is 0. The number of likely N-dealkylation sites (N-methyl/N-ethyl adjacent to an activating group) is 1. The monoisotopic (exact) mass is 309 g/mol. The Morgan fingerprint density at radius 3 is 2.74 bits per heavy atom. The number of nitrogens with zero attached hydrogens (tertiary/aromatic N) is 2. The predicted molar refractivity (Wildman–Crippen MR) is 95.7 cm³/mol. The second-order valence-corrected chi connectivity index (χ2v) is 7.24. The van der Waals surface area contributed by atoms with Crippen LogP contribution in [0.3, 0.4) is 0 Å². The van der Waals surface area contributed by atoms with Crippen LogP contribution in [0, 0.1) is 13.8 Å². The number of aryl methyl sites for hydroxylation is 2. The van der Waals surface area contributed by atoms with E-state index in [0.717, 1.165) is 38.6 Å². The Balaban J connectivity index is 1.85. The van der Waals surface area contributed by atoms with Gasteiger partial charge in [-0.2, -0.15) is 0 Å². The lowest BCUT2D eigenvalue weighted by atomic mass is 9.93. The van der Waals surface area contributed by atoms with Crippen LogP contribution in [0.4, 0.5) is 0 Å². The number of nitrogens with one attached hydrogen (secondary N) is 1. The minimum absolute atomic E-state index is 0.742. The molecule has 1 N–H and O–H groups in total. The summed E-state index contributed by atoms with van der Waals surface area (Å²) in [4.78, 5) is 7.57. The summed E-state index contributed by atoms with van der Waals surface area (Å²) in [6.45, 7) is 11.0. The molecular formula is C20H27N3. The molecule has 0 saturated heterocycles. The minimum atomic E-state index is 0.742. The van der Waals surface area contributed by atoms with Crippen LogP contribution in [0.2, 0.25) is 0 Å². The molecule has 2 aliphatic rings. The van der Waals surface area contributed by atoms with Crippen molar-refractivity contribution in [3.63, 3.8) is 0 Å². The average molecular weight is 309 g/mol. The molecule has 1 aliphatic heterocycles. The molecule has 3 nitrogen and oxygen atoms in total. The molecule has 0 bridgehead atoms. The predicted octanol–water partition coefficient (Wildman–Crippen LogP) is 3.48. The number of rotatable bonds is 4. The standard InChI is InChI=1S/C20H27N3/c1-4-23-8-7-19-18(12-23)17(11-21-15-5-6-15)16-9-13(2)14(3)10-20(16)22-19/h9-10,15,21H,4-8,11-12H2,1-3H3. The quantitative estimate of drug-likeness (QED) is 0.937. The first-order chi connectivity index (χ1) is 11.2. The van der Waals surface area contributed by atoms with E-state index in [4.69, 9.17) is 4.98 Å². The highest BCUT2D eigenvalue weighted by Crippen LogP contribution is 2.30. The molecule has 4 rings (SSSR count). The third-order valence-electron chi connectivity index (χ3n) is 5.54. The van der Waals surface area contributed by atoms with Crippen molar-refractivity contribution >= 4 is 10.9 Å². The van der Waals surface area contributed by atoms with Gasteiger partial charge < -0.3 is 5.32 Å². The van der Waals surface area contributed by atoms with E-state index >= 15 is 0 Å². The van der Waals surface area contributed by atoms with Crippen LogP contribution in [0.15, 0.2) is 12.1 Å². The van der Waals surface area contributed by atoms with Gasteiger partial charge in [0.05, 0.1) is 5.52 Å². The van der Waals surface area contributed by atoms with Crippen LogP contribution >= 0.6 is 0 Å². The van der Waals surface area contributed by atoms with Crippen molar-refractivity contribution in [3.05, 3.63) is 40.1 Å². The summed E-state index contributed by atoms with van der Waals surface area (Å²) >= 11 is 0. The Morgan fingerprint density at radius 1 is 1.22 bits per heavy atom. The van der Waals surface area contributed by atoms with E-state index in [1.807, 2.05) is 0 Å². The fraction of sp³-hybridized carbons (Fsp3) is 0.550. The van der Waals surface area contributed by atoms with Gasteiger partial charge in [-0.3, -0.25) is 9.88 Å². The van der Waals surface area contributed by atoms with Crippen molar-refractivity contribution < 1.29 is 0 Å². The number of hydrogen-bond acceptors (Lipinski definition) is 3. The first kappa shape index (κ1) is 15.1. The second-order valence-electron chi connectivity index (χ2n) is 7.24. The molecule has 1 fully saturated rings. The molecule has 1 saturated carbocycles. The lowest BCUT2D eigenvalue weighted by Gasteiger charge is -2.29. The summed E-state index contributed by atoms with van der Waals surface area (Å²) in [6.07, 6.45) is 3.76. The fourth-order valence-electron chi connectivity index (χ4n) is 3.65. The van der Waals surface area contributed by atoms with Gasteiger partial charge in [0.15, 0.2) is 0 Å². The highest BCUT2D eigenvalue weighted by atomic mass is 15.1. The molecule has 23 heavy (non-hydrogen) atoms. The molecular weight excluding hydrogens is 282 g/mol. The van der Waals surface area contributed by atoms with E-state index in [-0.39, 0.29) is 0 Å². The van der Waals surface area contributed by atoms with Crippen molar-refractivity contribution in [1.82, 2.24) is 15.2 Å². The third kappa shape index (κ3) is 2.88. The van der Waals surface area contributed by atoms with Gasteiger partial charge in [0.1, 0.15) is 0 Å². The number of hydrogen-bond donors (Lipinski definition) is 1. The van der Waals surface area contributed by atoms with E-state index in [0.29, 0.717) is 0 Å². The number of pyridine rings is 1. The molecule has 3 heteroatoms. The highest BCUT2D eigenvalue weighted by Gasteiger charge is 2.25. The van der Waals surface area contributed by atoms with Crippen molar-refractivity contribution in [2.45, 2.75) is 59.2 Å². The van der Waals surface area contributed by atoms with E-state index in [1.165, 1.54) is 51.7 Å². The zero-order valence-electron chi connectivity index (χ0n) is 14.6. The van der Waals surface area contributed by atoms with Crippen LogP contribution in [-0.2, 0) is 19.5 Å². The summed E-state index contributed by atoms with van der Waals surface area (Å²) < 4.78 is 0. The van der Waals surface area contributed by atoms with Gasteiger partial charge in [0.25, 0.3) is 0 Å². The van der Waals surface area contributed by atoms with Crippen LogP contribution in [0.25, 0.3) is 10.9 Å². The zero-order chi connectivity index (χ0) is 16.0. The maximum absolute atomic E-state index is 5.04. The molecule has 0 radical (unpaired) electrons. The molecule has 2 aromatic rings. The normalized spacial score (nSPS) is 18.4. The van der Waals surface area contributed by atoms with Gasteiger partial charge >= 0.3 is 0 Å².